The van der Waals surface area contributed by atoms with E-state index in [1.54, 1.807) is 7.05 Å². The van der Waals surface area contributed by atoms with Crippen molar-refractivity contribution >= 4 is 6.40 Å². The molecule has 0 amide bonds. The van der Waals surface area contributed by atoms with Crippen LogP contribution in [-0.4, -0.2) is 19.0 Å². The van der Waals surface area contributed by atoms with Crippen LogP contribution in [0.5, 0.6) is 0 Å². The fourth-order valence-corrected chi connectivity index (χ4v) is 1.66. The first-order valence-corrected chi connectivity index (χ1v) is 6.01. The Morgan fingerprint density at radius 2 is 1.71 bits per heavy atom. The highest BCUT2D eigenvalue weighted by atomic mass is 16.5. The average Bonchev–Trinajstić information content (AvgIpc) is 2.27. The molecule has 0 aliphatic heterocycles. The predicted octanol–water partition coefficient (Wildman–Crippen LogP) is 3.71. The van der Waals surface area contributed by atoms with Crippen LogP contribution in [0.3, 0.4) is 0 Å². The van der Waals surface area contributed by atoms with Gasteiger partial charge in [-0.05, 0) is 25.8 Å². The Kier molecular flexibility index (Phi) is 4.33. The van der Waals surface area contributed by atoms with Crippen LogP contribution in [0.15, 0.2) is 35.3 Å². The van der Waals surface area contributed by atoms with Gasteiger partial charge in [0.15, 0.2) is 6.40 Å². The highest BCUT2D eigenvalue weighted by Gasteiger charge is 2.38. The molecule has 1 aromatic rings. The molecular weight excluding hydrogens is 210 g/mol. The van der Waals surface area contributed by atoms with Gasteiger partial charge in [0.05, 0.1) is 0 Å². The van der Waals surface area contributed by atoms with Crippen molar-refractivity contribution in [3.63, 3.8) is 0 Å². The normalized spacial score (nSPS) is 13.0. The summed E-state index contributed by atoms with van der Waals surface area (Å²) in [6.07, 6.45) is 2.52. The monoisotopic (exact) mass is 233 g/mol. The average molecular weight is 233 g/mol. The van der Waals surface area contributed by atoms with Gasteiger partial charge in [0.2, 0.25) is 0 Å². The van der Waals surface area contributed by atoms with E-state index in [0.717, 1.165) is 6.42 Å². The van der Waals surface area contributed by atoms with E-state index in [4.69, 9.17) is 4.74 Å². The highest BCUT2D eigenvalue weighted by molar-refractivity contribution is 5.47. The smallest absolute Gasteiger partial charge is 0.169 e. The van der Waals surface area contributed by atoms with Gasteiger partial charge < -0.3 is 4.74 Å². The van der Waals surface area contributed by atoms with Crippen LogP contribution < -0.4 is 0 Å². The third kappa shape index (κ3) is 3.58. The van der Waals surface area contributed by atoms with Crippen LogP contribution in [-0.2, 0) is 11.2 Å². The van der Waals surface area contributed by atoms with E-state index >= 15 is 0 Å². The lowest BCUT2D eigenvalue weighted by atomic mass is 9.73. The second-order valence-electron chi connectivity index (χ2n) is 5.54. The van der Waals surface area contributed by atoms with Crippen molar-refractivity contribution in [2.24, 2.45) is 10.4 Å². The van der Waals surface area contributed by atoms with Crippen LogP contribution in [0, 0.1) is 5.41 Å². The quantitative estimate of drug-likeness (QED) is 0.561. The molecule has 0 atom stereocenters. The molecule has 0 bridgehead atoms. The van der Waals surface area contributed by atoms with Gasteiger partial charge in [0, 0.05) is 12.5 Å². The number of hydrogen-bond acceptors (Lipinski definition) is 2. The summed E-state index contributed by atoms with van der Waals surface area (Å²) in [6, 6.07) is 10.5. The van der Waals surface area contributed by atoms with Crippen LogP contribution in [0.2, 0.25) is 0 Å². The Labute approximate surface area is 105 Å². The largest absolute Gasteiger partial charge is 0.477 e. The van der Waals surface area contributed by atoms with Crippen molar-refractivity contribution in [1.82, 2.24) is 0 Å². The van der Waals surface area contributed by atoms with Gasteiger partial charge in [-0.25, -0.2) is 0 Å². The first-order valence-electron chi connectivity index (χ1n) is 6.01. The van der Waals surface area contributed by atoms with Crippen LogP contribution in [0.4, 0.5) is 0 Å². The van der Waals surface area contributed by atoms with E-state index in [2.05, 4.69) is 57.0 Å². The molecule has 0 aromatic heterocycles. The predicted molar refractivity (Wildman–Crippen MR) is 73.5 cm³/mol. The SMILES string of the molecule is CN=COC(C)(C)C(C)(C)Cc1ccccc1. The summed E-state index contributed by atoms with van der Waals surface area (Å²) in [7, 11) is 1.72. The maximum atomic E-state index is 5.72. The van der Waals surface area contributed by atoms with Crippen molar-refractivity contribution in [2.45, 2.75) is 39.7 Å². The minimum atomic E-state index is -0.248. The molecule has 0 N–H and O–H groups in total. The van der Waals surface area contributed by atoms with E-state index in [1.807, 2.05) is 6.07 Å². The van der Waals surface area contributed by atoms with E-state index in [1.165, 1.54) is 12.0 Å². The molecule has 17 heavy (non-hydrogen) atoms. The molecule has 0 unspecified atom stereocenters. The fraction of sp³-hybridized carbons (Fsp3) is 0.533. The lowest BCUT2D eigenvalue weighted by molar-refractivity contribution is -0.0158. The van der Waals surface area contributed by atoms with Gasteiger partial charge in [-0.3, -0.25) is 4.99 Å². The zero-order valence-electron chi connectivity index (χ0n) is 11.5. The van der Waals surface area contributed by atoms with Crippen molar-refractivity contribution < 1.29 is 4.74 Å². The van der Waals surface area contributed by atoms with Gasteiger partial charge in [-0.15, -0.1) is 0 Å². The lowest BCUT2D eigenvalue weighted by Crippen LogP contribution is -2.42. The summed E-state index contributed by atoms with van der Waals surface area (Å²) in [4.78, 5) is 3.89. The molecule has 2 heteroatoms. The summed E-state index contributed by atoms with van der Waals surface area (Å²) in [6.45, 7) is 8.67. The first-order chi connectivity index (χ1) is 7.89. The lowest BCUT2D eigenvalue weighted by Gasteiger charge is -2.40. The van der Waals surface area contributed by atoms with Gasteiger partial charge >= 0.3 is 0 Å². The standard InChI is InChI=1S/C15H23NO/c1-14(2,15(3,4)17-12-16-5)11-13-9-7-6-8-10-13/h6-10,12H,11H2,1-5H3. The molecular formula is C15H23NO. The van der Waals surface area contributed by atoms with Crippen LogP contribution >= 0.6 is 0 Å². The molecule has 0 aliphatic rings. The second-order valence-corrected chi connectivity index (χ2v) is 5.54. The Bertz CT molecular complexity index is 366. The van der Waals surface area contributed by atoms with Crippen molar-refractivity contribution in [3.8, 4) is 0 Å². The molecule has 0 saturated heterocycles. The zero-order chi connectivity index (χ0) is 12.9. The topological polar surface area (TPSA) is 21.6 Å². The van der Waals surface area contributed by atoms with E-state index < -0.39 is 0 Å². The minimum absolute atomic E-state index is 0.0372. The van der Waals surface area contributed by atoms with Crippen LogP contribution in [0.1, 0.15) is 33.3 Å². The molecule has 0 heterocycles. The number of rotatable bonds is 5. The van der Waals surface area contributed by atoms with Crippen LogP contribution in [0.25, 0.3) is 0 Å². The van der Waals surface area contributed by atoms with E-state index in [0.29, 0.717) is 0 Å². The summed E-state index contributed by atoms with van der Waals surface area (Å²) in [5.41, 5.74) is 1.13. The molecule has 0 spiro atoms. The maximum Gasteiger partial charge on any atom is 0.169 e. The van der Waals surface area contributed by atoms with Crippen molar-refractivity contribution in [2.75, 3.05) is 7.05 Å². The van der Waals surface area contributed by atoms with Gasteiger partial charge in [-0.2, -0.15) is 0 Å². The van der Waals surface area contributed by atoms with Gasteiger partial charge in [-0.1, -0.05) is 44.2 Å². The van der Waals surface area contributed by atoms with Crippen molar-refractivity contribution in [3.05, 3.63) is 35.9 Å². The fourth-order valence-electron chi connectivity index (χ4n) is 1.66. The Hall–Kier alpha value is -1.31. The highest BCUT2D eigenvalue weighted by Crippen LogP contribution is 2.36. The third-order valence-electron chi connectivity index (χ3n) is 3.57. The molecule has 1 rings (SSSR count). The summed E-state index contributed by atoms with van der Waals surface area (Å²) >= 11 is 0. The van der Waals surface area contributed by atoms with E-state index in [9.17, 15) is 0 Å². The first kappa shape index (κ1) is 13.8. The molecule has 0 radical (unpaired) electrons. The maximum absolute atomic E-state index is 5.72. The Morgan fingerprint density at radius 3 is 2.24 bits per heavy atom. The Morgan fingerprint density at radius 1 is 1.12 bits per heavy atom. The summed E-state index contributed by atoms with van der Waals surface area (Å²) in [5.74, 6) is 0. The number of aliphatic imine (C=N–C) groups is 1. The number of ether oxygens (including phenoxy) is 1. The van der Waals surface area contributed by atoms with Gasteiger partial charge in [0.1, 0.15) is 5.60 Å². The van der Waals surface area contributed by atoms with Crippen molar-refractivity contribution in [1.29, 1.82) is 0 Å². The number of hydrogen-bond donors (Lipinski definition) is 0. The summed E-state index contributed by atoms with van der Waals surface area (Å²) in [5, 5.41) is 0. The minimum Gasteiger partial charge on any atom is -0.477 e. The summed E-state index contributed by atoms with van der Waals surface area (Å²) < 4.78 is 5.72. The third-order valence-corrected chi connectivity index (χ3v) is 3.57. The van der Waals surface area contributed by atoms with E-state index in [-0.39, 0.29) is 11.0 Å². The number of benzene rings is 1. The molecule has 0 saturated carbocycles. The second kappa shape index (κ2) is 5.35. The Balaban J connectivity index is 2.80. The molecule has 94 valence electrons. The molecule has 0 aliphatic carbocycles. The molecule has 0 fully saturated rings. The number of nitrogens with zero attached hydrogens (tertiary/aromatic N) is 1. The van der Waals surface area contributed by atoms with Gasteiger partial charge in [0.25, 0.3) is 0 Å². The molecule has 1 aromatic carbocycles. The zero-order valence-corrected chi connectivity index (χ0v) is 11.5. The molecule has 2 nitrogen and oxygen atoms in total.